The zero-order chi connectivity index (χ0) is 15.7. The molecule has 0 saturated heterocycles. The molecule has 0 N–H and O–H groups in total. The van der Waals surface area contributed by atoms with Gasteiger partial charge < -0.3 is 9.64 Å². The number of carbonyl (C=O) groups is 2. The smallest absolute Gasteiger partial charge is 0.265 e. The highest BCUT2D eigenvalue weighted by molar-refractivity contribution is 8.14. The standard InChI is InChI=1S/C15H17N3O3S/c1-17(2)13(19)8-18-11-7-10(15-16-5-6-22-15)3-4-12(11)21-9-14(18)20/h3-4,7H,5-6,8-9H2,1-2H3. The molecule has 0 saturated carbocycles. The first kappa shape index (κ1) is 14.9. The highest BCUT2D eigenvalue weighted by Crippen LogP contribution is 2.34. The van der Waals surface area contributed by atoms with Gasteiger partial charge in [0, 0.05) is 32.0 Å². The van der Waals surface area contributed by atoms with Crippen LogP contribution in [0.15, 0.2) is 23.2 Å². The van der Waals surface area contributed by atoms with Crippen LogP contribution in [0.3, 0.4) is 0 Å². The molecular weight excluding hydrogens is 302 g/mol. The predicted octanol–water partition coefficient (Wildman–Crippen LogP) is 0.994. The van der Waals surface area contributed by atoms with Gasteiger partial charge in [0.1, 0.15) is 12.3 Å². The normalized spacial score (nSPS) is 16.9. The molecule has 22 heavy (non-hydrogen) atoms. The minimum absolute atomic E-state index is 0.0191. The first-order valence-corrected chi connectivity index (χ1v) is 8.00. The van der Waals surface area contributed by atoms with Crippen molar-refractivity contribution in [3.63, 3.8) is 0 Å². The Hall–Kier alpha value is -2.02. The summed E-state index contributed by atoms with van der Waals surface area (Å²) in [5.74, 6) is 1.27. The average molecular weight is 319 g/mol. The fourth-order valence-corrected chi connectivity index (χ4v) is 3.15. The van der Waals surface area contributed by atoms with Crippen molar-refractivity contribution in [2.75, 3.05) is 44.4 Å². The largest absolute Gasteiger partial charge is 0.482 e. The van der Waals surface area contributed by atoms with E-state index in [1.165, 1.54) is 9.80 Å². The zero-order valence-corrected chi connectivity index (χ0v) is 13.4. The first-order chi connectivity index (χ1) is 10.6. The molecule has 0 aliphatic carbocycles. The second-order valence-electron chi connectivity index (χ2n) is 5.27. The van der Waals surface area contributed by atoms with Crippen molar-refractivity contribution in [2.45, 2.75) is 0 Å². The van der Waals surface area contributed by atoms with E-state index in [2.05, 4.69) is 4.99 Å². The van der Waals surface area contributed by atoms with E-state index in [0.717, 1.165) is 22.9 Å². The molecule has 1 aromatic carbocycles. The number of rotatable bonds is 3. The molecule has 0 bridgehead atoms. The van der Waals surface area contributed by atoms with Gasteiger partial charge in [0.25, 0.3) is 5.91 Å². The Bertz CT molecular complexity index is 657. The lowest BCUT2D eigenvalue weighted by Crippen LogP contribution is -2.44. The number of nitrogens with zero attached hydrogens (tertiary/aromatic N) is 3. The van der Waals surface area contributed by atoms with E-state index in [0.29, 0.717) is 11.4 Å². The zero-order valence-electron chi connectivity index (χ0n) is 12.5. The number of ether oxygens (including phenoxy) is 1. The second kappa shape index (κ2) is 6.00. The van der Waals surface area contributed by atoms with Crippen molar-refractivity contribution >= 4 is 34.3 Å². The Morgan fingerprint density at radius 2 is 2.27 bits per heavy atom. The molecule has 1 aromatic rings. The van der Waals surface area contributed by atoms with E-state index in [-0.39, 0.29) is 25.0 Å². The fourth-order valence-electron chi connectivity index (χ4n) is 2.29. The Balaban J connectivity index is 1.94. The Kier molecular flexibility index (Phi) is 4.06. The van der Waals surface area contributed by atoms with E-state index in [9.17, 15) is 9.59 Å². The van der Waals surface area contributed by atoms with Gasteiger partial charge in [0.15, 0.2) is 6.61 Å². The summed E-state index contributed by atoms with van der Waals surface area (Å²) in [4.78, 5) is 31.5. The monoisotopic (exact) mass is 319 g/mol. The fraction of sp³-hybridized carbons (Fsp3) is 0.400. The highest BCUT2D eigenvalue weighted by atomic mass is 32.2. The van der Waals surface area contributed by atoms with Crippen LogP contribution in [0.25, 0.3) is 0 Å². The number of hydrogen-bond donors (Lipinski definition) is 0. The Labute approximate surface area is 133 Å². The molecule has 0 fully saturated rings. The van der Waals surface area contributed by atoms with Gasteiger partial charge in [-0.3, -0.25) is 19.5 Å². The summed E-state index contributed by atoms with van der Waals surface area (Å²) in [7, 11) is 3.35. The minimum atomic E-state index is -0.208. The molecule has 7 heteroatoms. The van der Waals surface area contributed by atoms with Crippen LogP contribution in [0.1, 0.15) is 5.56 Å². The van der Waals surface area contributed by atoms with E-state index in [1.54, 1.807) is 25.9 Å². The molecule has 3 rings (SSSR count). The number of anilines is 1. The maximum atomic E-state index is 12.1. The molecule has 0 unspecified atom stereocenters. The second-order valence-corrected chi connectivity index (χ2v) is 6.36. The number of thioether (sulfide) groups is 1. The SMILES string of the molecule is CN(C)C(=O)CN1C(=O)COc2ccc(C3=NCCS3)cc21. The van der Waals surface area contributed by atoms with Crippen LogP contribution in [0.4, 0.5) is 5.69 Å². The highest BCUT2D eigenvalue weighted by Gasteiger charge is 2.28. The average Bonchev–Trinajstić information content (AvgIpc) is 3.03. The number of amides is 2. The van der Waals surface area contributed by atoms with E-state index >= 15 is 0 Å². The summed E-state index contributed by atoms with van der Waals surface area (Å²) in [6.45, 7) is 0.795. The summed E-state index contributed by atoms with van der Waals surface area (Å²) in [6, 6.07) is 5.66. The van der Waals surface area contributed by atoms with Gasteiger partial charge in [-0.05, 0) is 18.2 Å². The third kappa shape index (κ3) is 2.81. The van der Waals surface area contributed by atoms with Crippen LogP contribution in [-0.2, 0) is 9.59 Å². The quantitative estimate of drug-likeness (QED) is 0.834. The summed E-state index contributed by atoms with van der Waals surface area (Å²) < 4.78 is 5.46. The van der Waals surface area contributed by atoms with E-state index in [4.69, 9.17) is 4.74 Å². The Morgan fingerprint density at radius 1 is 1.45 bits per heavy atom. The molecule has 6 nitrogen and oxygen atoms in total. The molecule has 0 atom stereocenters. The van der Waals surface area contributed by atoms with Crippen LogP contribution in [0.5, 0.6) is 5.75 Å². The lowest BCUT2D eigenvalue weighted by molar-refractivity contribution is -0.130. The molecule has 0 spiro atoms. The van der Waals surface area contributed by atoms with Gasteiger partial charge in [0.2, 0.25) is 5.91 Å². The molecule has 2 aliphatic rings. The van der Waals surface area contributed by atoms with Gasteiger partial charge in [-0.1, -0.05) is 0 Å². The summed E-state index contributed by atoms with van der Waals surface area (Å²) in [6.07, 6.45) is 0. The number of carbonyl (C=O) groups excluding carboxylic acids is 2. The molecule has 2 amide bonds. The Morgan fingerprint density at radius 3 is 2.95 bits per heavy atom. The minimum Gasteiger partial charge on any atom is -0.482 e. The first-order valence-electron chi connectivity index (χ1n) is 7.01. The number of fused-ring (bicyclic) bond motifs is 1. The van der Waals surface area contributed by atoms with Crippen LogP contribution in [0, 0.1) is 0 Å². The third-order valence-electron chi connectivity index (χ3n) is 3.53. The summed E-state index contributed by atoms with van der Waals surface area (Å²) in [5.41, 5.74) is 1.60. The summed E-state index contributed by atoms with van der Waals surface area (Å²) >= 11 is 1.70. The molecule has 116 valence electrons. The van der Waals surface area contributed by atoms with Gasteiger partial charge in [0.05, 0.1) is 10.7 Å². The van der Waals surface area contributed by atoms with E-state index < -0.39 is 0 Å². The molecule has 2 heterocycles. The number of likely N-dealkylation sites (N-methyl/N-ethyl adjacent to an activating group) is 1. The molecule has 0 radical (unpaired) electrons. The van der Waals surface area contributed by atoms with Crippen molar-refractivity contribution in [1.29, 1.82) is 0 Å². The topological polar surface area (TPSA) is 62.2 Å². The van der Waals surface area contributed by atoms with Crippen molar-refractivity contribution in [3.8, 4) is 5.75 Å². The lowest BCUT2D eigenvalue weighted by Gasteiger charge is -2.30. The lowest BCUT2D eigenvalue weighted by atomic mass is 10.1. The third-order valence-corrected chi connectivity index (χ3v) is 4.55. The van der Waals surface area contributed by atoms with Crippen molar-refractivity contribution in [1.82, 2.24) is 4.90 Å². The maximum Gasteiger partial charge on any atom is 0.265 e. The van der Waals surface area contributed by atoms with Crippen molar-refractivity contribution < 1.29 is 14.3 Å². The number of hydrogen-bond acceptors (Lipinski definition) is 5. The maximum absolute atomic E-state index is 12.1. The number of benzene rings is 1. The van der Waals surface area contributed by atoms with Gasteiger partial charge in [-0.25, -0.2) is 0 Å². The molecule has 2 aliphatic heterocycles. The van der Waals surface area contributed by atoms with Crippen molar-refractivity contribution in [2.24, 2.45) is 4.99 Å². The van der Waals surface area contributed by atoms with Gasteiger partial charge in [-0.15, -0.1) is 11.8 Å². The van der Waals surface area contributed by atoms with Crippen LogP contribution in [0.2, 0.25) is 0 Å². The van der Waals surface area contributed by atoms with Gasteiger partial charge >= 0.3 is 0 Å². The van der Waals surface area contributed by atoms with Gasteiger partial charge in [-0.2, -0.15) is 0 Å². The van der Waals surface area contributed by atoms with E-state index in [1.807, 2.05) is 18.2 Å². The predicted molar refractivity (Wildman–Crippen MR) is 86.8 cm³/mol. The summed E-state index contributed by atoms with van der Waals surface area (Å²) in [5, 5.41) is 0.972. The van der Waals surface area contributed by atoms with Crippen LogP contribution >= 0.6 is 11.8 Å². The van der Waals surface area contributed by atoms with Crippen molar-refractivity contribution in [3.05, 3.63) is 23.8 Å². The van der Waals surface area contributed by atoms with Crippen LogP contribution < -0.4 is 9.64 Å². The molecule has 0 aromatic heterocycles. The number of aliphatic imine (C=N–C) groups is 1. The molecular formula is C15H17N3O3S. The van der Waals surface area contributed by atoms with Crippen LogP contribution in [-0.4, -0.2) is 61.3 Å².